The first-order chi connectivity index (χ1) is 23.5. The van der Waals surface area contributed by atoms with Crippen molar-refractivity contribution in [3.8, 4) is 23.0 Å². The first-order valence-corrected chi connectivity index (χ1v) is 15.7. The molecule has 2 aliphatic rings. The molecule has 0 atom stereocenters. The van der Waals surface area contributed by atoms with Gasteiger partial charge in [-0.05, 0) is 61.4 Å². The van der Waals surface area contributed by atoms with Gasteiger partial charge in [0, 0.05) is 48.2 Å². The Bertz CT molecular complexity index is 1830. The molecule has 258 valence electrons. The lowest BCUT2D eigenvalue weighted by Gasteiger charge is -2.38. The van der Waals surface area contributed by atoms with Crippen LogP contribution in [0.15, 0.2) is 66.9 Å². The number of hydrogen-bond donors (Lipinski definition) is 2. The number of hydrogen-bond acceptors (Lipinski definition) is 8. The second-order valence-electron chi connectivity index (χ2n) is 12.0. The zero-order chi connectivity index (χ0) is 34.6. The number of carbonyl (C=O) groups is 2. The maximum absolute atomic E-state index is 15.3. The van der Waals surface area contributed by atoms with E-state index in [0.717, 1.165) is 6.07 Å². The summed E-state index contributed by atoms with van der Waals surface area (Å²) in [5, 5.41) is 5.70. The van der Waals surface area contributed by atoms with Crippen molar-refractivity contribution in [2.45, 2.75) is 25.2 Å². The number of fused-ring (bicyclic) bond motifs is 1. The predicted octanol–water partition coefficient (Wildman–Crippen LogP) is 6.41. The Kier molecular flexibility index (Phi) is 9.88. The highest BCUT2D eigenvalue weighted by Crippen LogP contribution is 2.43. The Hall–Kier alpha value is -4.95. The topological polar surface area (TPSA) is 111 Å². The van der Waals surface area contributed by atoms with Crippen LogP contribution < -0.4 is 24.8 Å². The molecule has 2 heterocycles. The van der Waals surface area contributed by atoms with E-state index >= 15 is 4.39 Å². The third kappa shape index (κ3) is 7.70. The summed E-state index contributed by atoms with van der Waals surface area (Å²) in [4.78, 5) is 32.2. The number of halogens is 4. The second kappa shape index (κ2) is 14.3. The molecule has 6 rings (SSSR count). The van der Waals surface area contributed by atoms with Gasteiger partial charge in [-0.1, -0.05) is 6.42 Å². The monoisotopic (exact) mass is 682 g/mol. The molecule has 1 aliphatic heterocycles. The van der Waals surface area contributed by atoms with Crippen molar-refractivity contribution in [3.63, 3.8) is 0 Å². The SMILES string of the molecule is COc1cc2c(Oc3ccc(NC(=O)C4(C(=O)Nc5ccc(F)cc5)CCC4)cc3F)ccnc2cc1OCC(F)(F)CN1CCOCC1. The summed E-state index contributed by atoms with van der Waals surface area (Å²) >= 11 is 0. The molecule has 0 unspecified atom stereocenters. The third-order valence-electron chi connectivity index (χ3n) is 8.57. The highest BCUT2D eigenvalue weighted by Gasteiger charge is 2.51. The molecule has 2 amide bonds. The summed E-state index contributed by atoms with van der Waals surface area (Å²) in [6.45, 7) is 0.286. The summed E-state index contributed by atoms with van der Waals surface area (Å²) in [7, 11) is 1.36. The molecule has 14 heteroatoms. The van der Waals surface area contributed by atoms with Crippen LogP contribution >= 0.6 is 0 Å². The zero-order valence-corrected chi connectivity index (χ0v) is 26.6. The minimum absolute atomic E-state index is 0.0585. The van der Waals surface area contributed by atoms with Crippen LogP contribution in [0.25, 0.3) is 10.9 Å². The van der Waals surface area contributed by atoms with Crippen LogP contribution in [0, 0.1) is 17.0 Å². The average Bonchev–Trinajstić information content (AvgIpc) is 3.05. The lowest BCUT2D eigenvalue weighted by atomic mass is 9.67. The van der Waals surface area contributed by atoms with E-state index in [-0.39, 0.29) is 28.7 Å². The fraction of sp³-hybridized carbons (Fsp3) is 0.343. The van der Waals surface area contributed by atoms with Crippen molar-refractivity contribution in [3.05, 3.63) is 78.5 Å². The number of pyridine rings is 1. The van der Waals surface area contributed by atoms with Crippen LogP contribution in [0.2, 0.25) is 0 Å². The van der Waals surface area contributed by atoms with Crippen molar-refractivity contribution in [2.24, 2.45) is 5.41 Å². The molecule has 2 N–H and O–H groups in total. The Balaban J connectivity index is 1.13. The molecule has 0 radical (unpaired) electrons. The Morgan fingerprint density at radius 1 is 0.898 bits per heavy atom. The standard InChI is InChI=1S/C35H34F4N4O6/c1-46-30-18-25-27(19-31(30)48-21-35(38,39)20-43-13-15-47-16-14-43)40-12-9-28(25)49-29-8-7-24(17-26(29)37)42-33(45)34(10-2-11-34)32(44)41-23-5-3-22(36)4-6-23/h3-9,12,17-19H,2,10-11,13-16,20-21H2,1H3,(H,41,44)(H,42,45). The molecule has 2 fully saturated rings. The predicted molar refractivity (Wildman–Crippen MR) is 172 cm³/mol. The molecule has 0 bridgehead atoms. The molecule has 1 aromatic heterocycles. The van der Waals surface area contributed by atoms with Crippen molar-refractivity contribution >= 4 is 34.1 Å². The number of amides is 2. The summed E-state index contributed by atoms with van der Waals surface area (Å²) in [5.74, 6) is -5.25. The largest absolute Gasteiger partial charge is 0.493 e. The van der Waals surface area contributed by atoms with Crippen LogP contribution in [0.4, 0.5) is 28.9 Å². The second-order valence-corrected chi connectivity index (χ2v) is 12.0. The van der Waals surface area contributed by atoms with E-state index in [9.17, 15) is 22.8 Å². The van der Waals surface area contributed by atoms with Gasteiger partial charge in [-0.15, -0.1) is 0 Å². The normalized spacial score (nSPS) is 16.0. The van der Waals surface area contributed by atoms with Crippen molar-refractivity contribution in [2.75, 3.05) is 57.2 Å². The van der Waals surface area contributed by atoms with Crippen LogP contribution in [0.3, 0.4) is 0 Å². The van der Waals surface area contributed by atoms with Gasteiger partial charge in [0.05, 0.1) is 32.4 Å². The maximum Gasteiger partial charge on any atom is 0.293 e. The van der Waals surface area contributed by atoms with E-state index in [4.69, 9.17) is 18.9 Å². The highest BCUT2D eigenvalue weighted by molar-refractivity contribution is 6.15. The summed E-state index contributed by atoms with van der Waals surface area (Å²) < 4.78 is 80.0. The van der Waals surface area contributed by atoms with Crippen LogP contribution in [0.1, 0.15) is 19.3 Å². The van der Waals surface area contributed by atoms with Gasteiger partial charge in [-0.3, -0.25) is 19.5 Å². The quantitative estimate of drug-likeness (QED) is 0.130. The number of morpholine rings is 1. The number of anilines is 2. The number of methoxy groups -OCH3 is 1. The first kappa shape index (κ1) is 33.9. The Morgan fingerprint density at radius 2 is 1.59 bits per heavy atom. The van der Waals surface area contributed by atoms with Crippen molar-refractivity contribution in [1.82, 2.24) is 9.88 Å². The molecule has 1 saturated carbocycles. The smallest absolute Gasteiger partial charge is 0.293 e. The summed E-state index contributed by atoms with van der Waals surface area (Å²) in [6, 6.07) is 13.5. The lowest BCUT2D eigenvalue weighted by molar-refractivity contribution is -0.142. The van der Waals surface area contributed by atoms with E-state index in [1.54, 1.807) is 4.90 Å². The van der Waals surface area contributed by atoms with Crippen LogP contribution in [-0.4, -0.2) is 74.2 Å². The lowest BCUT2D eigenvalue weighted by Crippen LogP contribution is -2.50. The minimum Gasteiger partial charge on any atom is -0.493 e. The van der Waals surface area contributed by atoms with Gasteiger partial charge in [0.15, 0.2) is 29.7 Å². The van der Waals surface area contributed by atoms with Gasteiger partial charge in [0.1, 0.15) is 17.0 Å². The van der Waals surface area contributed by atoms with Gasteiger partial charge in [0.2, 0.25) is 11.8 Å². The molecular formula is C35H34F4N4O6. The number of rotatable bonds is 12. The number of carbonyl (C=O) groups excluding carboxylic acids is 2. The molecule has 1 saturated heterocycles. The van der Waals surface area contributed by atoms with Gasteiger partial charge >= 0.3 is 0 Å². The molecule has 49 heavy (non-hydrogen) atoms. The number of ether oxygens (including phenoxy) is 4. The van der Waals surface area contributed by atoms with E-state index in [2.05, 4.69) is 15.6 Å². The molecule has 3 aromatic carbocycles. The number of nitrogens with zero attached hydrogens (tertiary/aromatic N) is 2. The van der Waals surface area contributed by atoms with Gasteiger partial charge in [-0.2, -0.15) is 0 Å². The average molecular weight is 683 g/mol. The fourth-order valence-electron chi connectivity index (χ4n) is 5.71. The van der Waals surface area contributed by atoms with Crippen LogP contribution in [-0.2, 0) is 14.3 Å². The van der Waals surface area contributed by atoms with E-state index in [1.807, 2.05) is 0 Å². The molecule has 1 aliphatic carbocycles. The van der Waals surface area contributed by atoms with Crippen molar-refractivity contribution in [1.29, 1.82) is 0 Å². The highest BCUT2D eigenvalue weighted by atomic mass is 19.3. The van der Waals surface area contributed by atoms with E-state index in [1.165, 1.54) is 67.9 Å². The molecule has 10 nitrogen and oxygen atoms in total. The maximum atomic E-state index is 15.3. The van der Waals surface area contributed by atoms with E-state index < -0.39 is 47.9 Å². The summed E-state index contributed by atoms with van der Waals surface area (Å²) in [6.07, 6.45) is 2.68. The third-order valence-corrected chi connectivity index (χ3v) is 8.57. The Morgan fingerprint density at radius 3 is 2.24 bits per heavy atom. The van der Waals surface area contributed by atoms with Gasteiger partial charge < -0.3 is 29.6 Å². The molecular weight excluding hydrogens is 648 g/mol. The van der Waals surface area contributed by atoms with Gasteiger partial charge in [0.25, 0.3) is 5.92 Å². The Labute approximate surface area is 279 Å². The van der Waals surface area contributed by atoms with Crippen LogP contribution in [0.5, 0.6) is 23.0 Å². The first-order valence-electron chi connectivity index (χ1n) is 15.7. The molecule has 0 spiro atoms. The van der Waals surface area contributed by atoms with Gasteiger partial charge in [-0.25, -0.2) is 17.6 Å². The molecule has 4 aromatic rings. The summed E-state index contributed by atoms with van der Waals surface area (Å²) in [5.41, 5.74) is -0.553. The number of alkyl halides is 2. The van der Waals surface area contributed by atoms with E-state index in [0.29, 0.717) is 62.2 Å². The minimum atomic E-state index is -3.13. The number of aromatic nitrogens is 1. The number of nitrogens with one attached hydrogen (secondary N) is 2. The van der Waals surface area contributed by atoms with Crippen molar-refractivity contribution < 1.29 is 46.1 Å². The fourth-order valence-corrected chi connectivity index (χ4v) is 5.71. The zero-order valence-electron chi connectivity index (χ0n) is 26.6. The number of benzene rings is 3.